The zero-order valence-corrected chi connectivity index (χ0v) is 13.8. The van der Waals surface area contributed by atoms with Gasteiger partial charge < -0.3 is 4.79 Å². The molecule has 0 spiro atoms. The molecule has 24 heavy (non-hydrogen) atoms. The van der Waals surface area contributed by atoms with E-state index < -0.39 is 0 Å². The van der Waals surface area contributed by atoms with Gasteiger partial charge >= 0.3 is 0 Å². The first-order valence-corrected chi connectivity index (χ1v) is 8.09. The van der Waals surface area contributed by atoms with Crippen LogP contribution in [0.2, 0.25) is 0 Å². The summed E-state index contributed by atoms with van der Waals surface area (Å²) in [6, 6.07) is 15.2. The van der Waals surface area contributed by atoms with Crippen molar-refractivity contribution in [2.45, 2.75) is 32.2 Å². The van der Waals surface area contributed by atoms with Crippen molar-refractivity contribution in [1.82, 2.24) is 9.55 Å². The van der Waals surface area contributed by atoms with Gasteiger partial charge in [-0.3, -0.25) is 9.36 Å². The molecular weight excluding hydrogens is 300 g/mol. The van der Waals surface area contributed by atoms with Gasteiger partial charge in [-0.2, -0.15) is 0 Å². The molecule has 0 saturated heterocycles. The fourth-order valence-corrected chi connectivity index (χ4v) is 2.80. The number of benzene rings is 2. The Balaban J connectivity index is 1.92. The van der Waals surface area contributed by atoms with Gasteiger partial charge in [0.2, 0.25) is 0 Å². The SMILES string of the molecule is CC(C)c1ccc(C(C=O)Cn2cnc3ccccc3c2=O)cc1. The predicted molar refractivity (Wildman–Crippen MR) is 95.3 cm³/mol. The Morgan fingerprint density at radius 1 is 1.04 bits per heavy atom. The van der Waals surface area contributed by atoms with Crippen LogP contribution in [0.5, 0.6) is 0 Å². The van der Waals surface area contributed by atoms with E-state index in [1.165, 1.54) is 16.5 Å². The van der Waals surface area contributed by atoms with Crippen molar-refractivity contribution >= 4 is 17.2 Å². The lowest BCUT2D eigenvalue weighted by atomic mass is 9.96. The molecule has 0 aliphatic heterocycles. The number of carbonyl (C=O) groups is 1. The van der Waals surface area contributed by atoms with Gasteiger partial charge in [0.25, 0.3) is 5.56 Å². The lowest BCUT2D eigenvalue weighted by Gasteiger charge is -2.14. The number of aldehydes is 1. The lowest BCUT2D eigenvalue weighted by Crippen LogP contribution is -2.24. The Hall–Kier alpha value is -2.75. The van der Waals surface area contributed by atoms with E-state index in [0.717, 1.165) is 11.8 Å². The zero-order valence-electron chi connectivity index (χ0n) is 13.8. The third-order valence-electron chi connectivity index (χ3n) is 4.32. The van der Waals surface area contributed by atoms with Crippen LogP contribution in [0.1, 0.15) is 36.8 Å². The summed E-state index contributed by atoms with van der Waals surface area (Å²) in [7, 11) is 0. The van der Waals surface area contributed by atoms with Crippen molar-refractivity contribution in [1.29, 1.82) is 0 Å². The normalized spacial score (nSPS) is 12.5. The van der Waals surface area contributed by atoms with E-state index in [2.05, 4.69) is 18.8 Å². The maximum absolute atomic E-state index is 12.6. The van der Waals surface area contributed by atoms with Crippen LogP contribution in [0.3, 0.4) is 0 Å². The third kappa shape index (κ3) is 3.13. The molecule has 0 bridgehead atoms. The molecule has 1 unspecified atom stereocenters. The molecule has 2 aromatic carbocycles. The van der Waals surface area contributed by atoms with Gasteiger partial charge in [0.15, 0.2) is 0 Å². The highest BCUT2D eigenvalue weighted by molar-refractivity contribution is 5.77. The Bertz CT molecular complexity index is 911. The zero-order chi connectivity index (χ0) is 17.1. The maximum Gasteiger partial charge on any atom is 0.261 e. The second kappa shape index (κ2) is 6.79. The molecule has 0 saturated carbocycles. The first-order valence-electron chi connectivity index (χ1n) is 8.09. The van der Waals surface area contributed by atoms with Gasteiger partial charge in [-0.15, -0.1) is 0 Å². The van der Waals surface area contributed by atoms with E-state index in [-0.39, 0.29) is 11.5 Å². The summed E-state index contributed by atoms with van der Waals surface area (Å²) in [4.78, 5) is 28.4. The molecule has 4 heteroatoms. The van der Waals surface area contributed by atoms with E-state index in [0.29, 0.717) is 23.4 Å². The molecule has 0 fully saturated rings. The summed E-state index contributed by atoms with van der Waals surface area (Å²) in [5.41, 5.74) is 2.69. The number of aromatic nitrogens is 2. The largest absolute Gasteiger partial charge is 0.303 e. The van der Waals surface area contributed by atoms with Gasteiger partial charge in [-0.25, -0.2) is 4.98 Å². The van der Waals surface area contributed by atoms with Crippen LogP contribution in [-0.2, 0) is 11.3 Å². The summed E-state index contributed by atoms with van der Waals surface area (Å²) in [6.07, 6.45) is 2.41. The number of hydrogen-bond acceptors (Lipinski definition) is 3. The Kier molecular flexibility index (Phi) is 4.56. The molecule has 4 nitrogen and oxygen atoms in total. The molecule has 0 aliphatic carbocycles. The van der Waals surface area contributed by atoms with Crippen molar-refractivity contribution in [2.75, 3.05) is 0 Å². The van der Waals surface area contributed by atoms with Crippen molar-refractivity contribution in [2.24, 2.45) is 0 Å². The maximum atomic E-state index is 12.6. The average molecular weight is 320 g/mol. The van der Waals surface area contributed by atoms with Crippen LogP contribution in [0.15, 0.2) is 59.7 Å². The predicted octanol–water partition coefficient (Wildman–Crippen LogP) is 3.50. The minimum atomic E-state index is -0.369. The standard InChI is InChI=1S/C20H20N2O2/c1-14(2)15-7-9-16(10-8-15)17(12-23)11-22-13-21-19-6-4-3-5-18(19)20(22)24/h3-10,12-14,17H,11H2,1-2H3. The minimum absolute atomic E-state index is 0.119. The van der Waals surface area contributed by atoms with Gasteiger partial charge in [-0.1, -0.05) is 50.2 Å². The molecular formula is C20H20N2O2. The van der Waals surface area contributed by atoms with Gasteiger partial charge in [0, 0.05) is 6.54 Å². The quantitative estimate of drug-likeness (QED) is 0.676. The van der Waals surface area contributed by atoms with Gasteiger partial charge in [-0.05, 0) is 29.2 Å². The molecule has 0 amide bonds. The highest BCUT2D eigenvalue weighted by atomic mass is 16.1. The topological polar surface area (TPSA) is 52.0 Å². The van der Waals surface area contributed by atoms with Crippen LogP contribution in [0.4, 0.5) is 0 Å². The fraction of sp³-hybridized carbons (Fsp3) is 0.250. The molecule has 0 aliphatic rings. The van der Waals surface area contributed by atoms with Crippen LogP contribution in [0, 0.1) is 0 Å². The molecule has 3 aromatic rings. The number of carbonyl (C=O) groups excluding carboxylic acids is 1. The second-order valence-electron chi connectivity index (χ2n) is 6.28. The number of rotatable bonds is 5. The summed E-state index contributed by atoms with van der Waals surface area (Å²) in [6.45, 7) is 4.56. The van der Waals surface area contributed by atoms with Crippen molar-refractivity contribution in [3.05, 3.63) is 76.3 Å². The number of hydrogen-bond donors (Lipinski definition) is 0. The smallest absolute Gasteiger partial charge is 0.261 e. The molecule has 122 valence electrons. The summed E-state index contributed by atoms with van der Waals surface area (Å²) >= 11 is 0. The summed E-state index contributed by atoms with van der Waals surface area (Å²) < 4.78 is 1.51. The fourth-order valence-electron chi connectivity index (χ4n) is 2.80. The van der Waals surface area contributed by atoms with Crippen molar-refractivity contribution in [3.63, 3.8) is 0 Å². The van der Waals surface area contributed by atoms with Crippen molar-refractivity contribution < 1.29 is 4.79 Å². The highest BCUT2D eigenvalue weighted by Crippen LogP contribution is 2.20. The molecule has 1 aromatic heterocycles. The number of para-hydroxylation sites is 1. The Labute approximate surface area is 140 Å². The molecule has 1 heterocycles. The van der Waals surface area contributed by atoms with E-state index in [1.54, 1.807) is 6.07 Å². The Morgan fingerprint density at radius 2 is 1.71 bits per heavy atom. The number of fused-ring (bicyclic) bond motifs is 1. The highest BCUT2D eigenvalue weighted by Gasteiger charge is 2.14. The van der Waals surface area contributed by atoms with Crippen LogP contribution < -0.4 is 5.56 Å². The van der Waals surface area contributed by atoms with Crippen LogP contribution >= 0.6 is 0 Å². The molecule has 0 radical (unpaired) electrons. The summed E-state index contributed by atoms with van der Waals surface area (Å²) in [5, 5.41) is 0.569. The van der Waals surface area contributed by atoms with Crippen LogP contribution in [0.25, 0.3) is 10.9 Å². The lowest BCUT2D eigenvalue weighted by molar-refractivity contribution is -0.109. The van der Waals surface area contributed by atoms with Gasteiger partial charge in [0.1, 0.15) is 6.29 Å². The van der Waals surface area contributed by atoms with E-state index in [9.17, 15) is 9.59 Å². The number of nitrogens with zero attached hydrogens (tertiary/aromatic N) is 2. The average Bonchev–Trinajstić information content (AvgIpc) is 2.61. The van der Waals surface area contributed by atoms with E-state index in [4.69, 9.17) is 0 Å². The Morgan fingerprint density at radius 3 is 2.38 bits per heavy atom. The van der Waals surface area contributed by atoms with Crippen LogP contribution in [-0.4, -0.2) is 15.8 Å². The summed E-state index contributed by atoms with van der Waals surface area (Å²) in [5.74, 6) is 0.0768. The van der Waals surface area contributed by atoms with Gasteiger partial charge in [0.05, 0.1) is 23.1 Å². The monoisotopic (exact) mass is 320 g/mol. The minimum Gasteiger partial charge on any atom is -0.303 e. The second-order valence-corrected chi connectivity index (χ2v) is 6.28. The van der Waals surface area contributed by atoms with Crippen molar-refractivity contribution in [3.8, 4) is 0 Å². The third-order valence-corrected chi connectivity index (χ3v) is 4.32. The first-order chi connectivity index (χ1) is 11.6. The molecule has 1 atom stereocenters. The van der Waals surface area contributed by atoms with E-state index >= 15 is 0 Å². The first kappa shape index (κ1) is 16.1. The van der Waals surface area contributed by atoms with E-state index in [1.807, 2.05) is 42.5 Å². The molecule has 3 rings (SSSR count). The molecule has 0 N–H and O–H groups in total.